The molecule has 1 heterocycles. The Morgan fingerprint density at radius 2 is 2.42 bits per heavy atom. The molecule has 1 rings (SSSR count). The molecule has 2 N–H and O–H groups in total. The van der Waals surface area contributed by atoms with Crippen molar-refractivity contribution in [1.29, 1.82) is 0 Å². The molecule has 72 valence electrons. The third kappa shape index (κ3) is 2.96. The van der Waals surface area contributed by atoms with Gasteiger partial charge in [-0.05, 0) is 30.9 Å². The summed E-state index contributed by atoms with van der Waals surface area (Å²) in [6.45, 7) is 5.60. The Hall–Kier alpha value is 0.270. The number of hydrogen-bond acceptors (Lipinski definition) is 3. The molecule has 0 aliphatic carbocycles. The van der Waals surface area contributed by atoms with Crippen LogP contribution in [0.25, 0.3) is 0 Å². The number of nitrogens with zero attached hydrogens (tertiary/aromatic N) is 1. The van der Waals surface area contributed by atoms with Crippen LogP contribution in [0.4, 0.5) is 0 Å². The van der Waals surface area contributed by atoms with E-state index in [1.54, 1.807) is 0 Å². The zero-order chi connectivity index (χ0) is 8.81. The quantitative estimate of drug-likeness (QED) is 0.634. The standard InChI is InChI=1S/C9H20N2S/c1-2-12-7-3-5-11-6-4-9(11)8-10/h9H,2-8,10H2,1H3. The van der Waals surface area contributed by atoms with Gasteiger partial charge in [0.1, 0.15) is 0 Å². The van der Waals surface area contributed by atoms with Crippen molar-refractivity contribution in [3.63, 3.8) is 0 Å². The van der Waals surface area contributed by atoms with Gasteiger partial charge in [-0.1, -0.05) is 6.92 Å². The minimum absolute atomic E-state index is 0.705. The summed E-state index contributed by atoms with van der Waals surface area (Å²) in [5, 5.41) is 0. The Kier molecular flexibility index (Phi) is 5.04. The fraction of sp³-hybridized carbons (Fsp3) is 1.00. The van der Waals surface area contributed by atoms with Crippen LogP contribution in [-0.2, 0) is 0 Å². The summed E-state index contributed by atoms with van der Waals surface area (Å²) in [4.78, 5) is 2.51. The van der Waals surface area contributed by atoms with Crippen molar-refractivity contribution in [2.45, 2.75) is 25.8 Å². The SMILES string of the molecule is CCSCCCN1CCC1CN. The predicted octanol–water partition coefficient (Wildman–Crippen LogP) is 1.16. The van der Waals surface area contributed by atoms with Gasteiger partial charge in [0.25, 0.3) is 0 Å². The Balaban J connectivity index is 1.93. The summed E-state index contributed by atoms with van der Waals surface area (Å²) < 4.78 is 0. The van der Waals surface area contributed by atoms with Gasteiger partial charge >= 0.3 is 0 Å². The van der Waals surface area contributed by atoms with E-state index in [1.807, 2.05) is 11.8 Å². The van der Waals surface area contributed by atoms with Crippen LogP contribution >= 0.6 is 11.8 Å². The Morgan fingerprint density at radius 3 is 2.92 bits per heavy atom. The first kappa shape index (κ1) is 10.4. The molecule has 0 aromatic rings. The average molecular weight is 188 g/mol. The number of nitrogens with two attached hydrogens (primary N) is 1. The van der Waals surface area contributed by atoms with Crippen molar-refractivity contribution in [2.24, 2.45) is 5.73 Å². The van der Waals surface area contributed by atoms with Crippen LogP contribution in [0, 0.1) is 0 Å². The van der Waals surface area contributed by atoms with Crippen molar-refractivity contribution in [2.75, 3.05) is 31.1 Å². The van der Waals surface area contributed by atoms with Gasteiger partial charge in [0.15, 0.2) is 0 Å². The van der Waals surface area contributed by atoms with Crippen molar-refractivity contribution < 1.29 is 0 Å². The van der Waals surface area contributed by atoms with Crippen molar-refractivity contribution in [3.8, 4) is 0 Å². The van der Waals surface area contributed by atoms with Crippen LogP contribution in [0.2, 0.25) is 0 Å². The molecule has 2 nitrogen and oxygen atoms in total. The molecule has 12 heavy (non-hydrogen) atoms. The zero-order valence-corrected chi connectivity index (χ0v) is 8.78. The largest absolute Gasteiger partial charge is 0.329 e. The van der Waals surface area contributed by atoms with E-state index in [-0.39, 0.29) is 0 Å². The van der Waals surface area contributed by atoms with Gasteiger partial charge in [0.05, 0.1) is 0 Å². The van der Waals surface area contributed by atoms with Crippen LogP contribution < -0.4 is 5.73 Å². The topological polar surface area (TPSA) is 29.3 Å². The molecule has 0 saturated carbocycles. The van der Waals surface area contributed by atoms with Crippen molar-refractivity contribution >= 4 is 11.8 Å². The molecule has 0 amide bonds. The molecule has 0 spiro atoms. The lowest BCUT2D eigenvalue weighted by atomic mass is 10.0. The Morgan fingerprint density at radius 1 is 1.58 bits per heavy atom. The number of thioether (sulfide) groups is 1. The molecule has 1 fully saturated rings. The first-order valence-electron chi connectivity index (χ1n) is 4.90. The summed E-state index contributed by atoms with van der Waals surface area (Å²) in [5.41, 5.74) is 5.61. The van der Waals surface area contributed by atoms with Crippen LogP contribution in [-0.4, -0.2) is 42.1 Å². The van der Waals surface area contributed by atoms with Crippen LogP contribution in [0.1, 0.15) is 19.8 Å². The van der Waals surface area contributed by atoms with Crippen LogP contribution in [0.5, 0.6) is 0 Å². The number of likely N-dealkylation sites (tertiary alicyclic amines) is 1. The first-order valence-corrected chi connectivity index (χ1v) is 6.05. The summed E-state index contributed by atoms with van der Waals surface area (Å²) in [7, 11) is 0. The fourth-order valence-electron chi connectivity index (χ4n) is 1.57. The van der Waals surface area contributed by atoms with E-state index in [1.165, 1.54) is 37.4 Å². The fourth-order valence-corrected chi connectivity index (χ4v) is 2.19. The van der Waals surface area contributed by atoms with E-state index in [0.717, 1.165) is 6.54 Å². The highest BCUT2D eigenvalue weighted by molar-refractivity contribution is 7.99. The van der Waals surface area contributed by atoms with E-state index in [4.69, 9.17) is 5.73 Å². The van der Waals surface area contributed by atoms with E-state index >= 15 is 0 Å². The maximum absolute atomic E-state index is 5.61. The predicted molar refractivity (Wildman–Crippen MR) is 56.6 cm³/mol. The van der Waals surface area contributed by atoms with Gasteiger partial charge in [0, 0.05) is 19.1 Å². The lowest BCUT2D eigenvalue weighted by Gasteiger charge is -2.40. The monoisotopic (exact) mass is 188 g/mol. The molecule has 1 unspecified atom stereocenters. The smallest absolute Gasteiger partial charge is 0.0230 e. The zero-order valence-electron chi connectivity index (χ0n) is 7.96. The minimum Gasteiger partial charge on any atom is -0.329 e. The van der Waals surface area contributed by atoms with Crippen molar-refractivity contribution in [1.82, 2.24) is 4.90 Å². The van der Waals surface area contributed by atoms with Crippen LogP contribution in [0.3, 0.4) is 0 Å². The van der Waals surface area contributed by atoms with Gasteiger partial charge < -0.3 is 5.73 Å². The molecule has 1 saturated heterocycles. The summed E-state index contributed by atoms with van der Waals surface area (Å²) in [6.07, 6.45) is 2.65. The minimum atomic E-state index is 0.705. The third-order valence-electron chi connectivity index (χ3n) is 2.48. The van der Waals surface area contributed by atoms with Gasteiger partial charge in [0.2, 0.25) is 0 Å². The lowest BCUT2D eigenvalue weighted by molar-refractivity contribution is 0.0976. The van der Waals surface area contributed by atoms with E-state index in [2.05, 4.69) is 11.8 Å². The maximum Gasteiger partial charge on any atom is 0.0230 e. The second kappa shape index (κ2) is 5.84. The number of hydrogen-bond donors (Lipinski definition) is 1. The summed E-state index contributed by atoms with van der Waals surface area (Å²) in [5.74, 6) is 2.56. The van der Waals surface area contributed by atoms with E-state index in [9.17, 15) is 0 Å². The highest BCUT2D eigenvalue weighted by atomic mass is 32.2. The lowest BCUT2D eigenvalue weighted by Crippen LogP contribution is -2.51. The van der Waals surface area contributed by atoms with Gasteiger partial charge in [-0.15, -0.1) is 0 Å². The molecule has 0 aromatic heterocycles. The van der Waals surface area contributed by atoms with E-state index < -0.39 is 0 Å². The van der Waals surface area contributed by atoms with Gasteiger partial charge in [-0.3, -0.25) is 4.90 Å². The molecule has 3 heteroatoms. The van der Waals surface area contributed by atoms with Crippen molar-refractivity contribution in [3.05, 3.63) is 0 Å². The Bertz CT molecular complexity index is 117. The average Bonchev–Trinajstić information content (AvgIpc) is 2.03. The summed E-state index contributed by atoms with van der Waals surface area (Å²) >= 11 is 2.04. The van der Waals surface area contributed by atoms with Crippen LogP contribution in [0.15, 0.2) is 0 Å². The molecule has 1 atom stereocenters. The second-order valence-electron chi connectivity index (χ2n) is 3.26. The third-order valence-corrected chi connectivity index (χ3v) is 3.46. The summed E-state index contributed by atoms with van der Waals surface area (Å²) in [6, 6.07) is 0.705. The molecular weight excluding hydrogens is 168 g/mol. The van der Waals surface area contributed by atoms with E-state index in [0.29, 0.717) is 6.04 Å². The van der Waals surface area contributed by atoms with Gasteiger partial charge in [-0.25, -0.2) is 0 Å². The highest BCUT2D eigenvalue weighted by Gasteiger charge is 2.25. The van der Waals surface area contributed by atoms with Gasteiger partial charge in [-0.2, -0.15) is 11.8 Å². The maximum atomic E-state index is 5.61. The Labute approximate surface area is 79.9 Å². The second-order valence-corrected chi connectivity index (χ2v) is 4.66. The molecule has 1 aliphatic rings. The molecule has 1 aliphatic heterocycles. The first-order chi connectivity index (χ1) is 5.88. The number of rotatable bonds is 6. The highest BCUT2D eigenvalue weighted by Crippen LogP contribution is 2.16. The molecule has 0 radical (unpaired) electrons. The normalized spacial score (nSPS) is 24.0. The molecule has 0 aromatic carbocycles. The molecular formula is C9H20N2S. The molecule has 0 bridgehead atoms.